The minimum absolute atomic E-state index is 0.0599. The number of rotatable bonds is 6. The summed E-state index contributed by atoms with van der Waals surface area (Å²) in [7, 11) is 1.68. The van der Waals surface area contributed by atoms with Crippen molar-refractivity contribution in [3.63, 3.8) is 0 Å². The molecule has 0 spiro atoms. The summed E-state index contributed by atoms with van der Waals surface area (Å²) < 4.78 is 10.9. The molecule has 1 aliphatic rings. The Morgan fingerprint density at radius 1 is 1.47 bits per heavy atom. The molecule has 2 rings (SSSR count). The Labute approximate surface area is 114 Å². The van der Waals surface area contributed by atoms with Crippen LogP contribution in [0.4, 0.5) is 0 Å². The molecule has 0 saturated carbocycles. The van der Waals surface area contributed by atoms with Crippen LogP contribution in [-0.4, -0.2) is 25.6 Å². The first-order chi connectivity index (χ1) is 9.20. The van der Waals surface area contributed by atoms with Crippen molar-refractivity contribution in [3.05, 3.63) is 35.4 Å². The lowest BCUT2D eigenvalue weighted by Crippen LogP contribution is -2.19. The van der Waals surface area contributed by atoms with Gasteiger partial charge in [-0.15, -0.1) is 0 Å². The molecule has 3 heteroatoms. The van der Waals surface area contributed by atoms with Crippen LogP contribution in [0.15, 0.2) is 24.3 Å². The molecule has 1 aromatic carbocycles. The summed E-state index contributed by atoms with van der Waals surface area (Å²) in [5.74, 6) is 0.255. The maximum Gasteiger partial charge on any atom is 0.135 e. The van der Waals surface area contributed by atoms with E-state index >= 15 is 0 Å². The summed E-state index contributed by atoms with van der Waals surface area (Å²) in [6.07, 6.45) is 2.86. The number of ketones is 1. The molecule has 1 heterocycles. The number of methoxy groups -OCH3 is 1. The average Bonchev–Trinajstić information content (AvgIpc) is 2.45. The van der Waals surface area contributed by atoms with Gasteiger partial charge in [-0.1, -0.05) is 24.3 Å². The Morgan fingerprint density at radius 3 is 3.05 bits per heavy atom. The minimum Gasteiger partial charge on any atom is -0.382 e. The number of Topliss-reactive ketones (excluding diaryl/α,β-unsaturated/α-hetero) is 1. The van der Waals surface area contributed by atoms with E-state index in [4.69, 9.17) is 9.47 Å². The van der Waals surface area contributed by atoms with Crippen LogP contribution in [-0.2, 0) is 20.7 Å². The van der Waals surface area contributed by atoms with Crippen molar-refractivity contribution in [3.8, 4) is 0 Å². The Hall–Kier alpha value is -1.19. The summed E-state index contributed by atoms with van der Waals surface area (Å²) >= 11 is 0. The molecule has 0 saturated heterocycles. The van der Waals surface area contributed by atoms with E-state index in [-0.39, 0.29) is 18.0 Å². The Balaban J connectivity index is 1.91. The molecule has 0 bridgehead atoms. The lowest BCUT2D eigenvalue weighted by Gasteiger charge is -2.25. The third kappa shape index (κ3) is 3.88. The summed E-state index contributed by atoms with van der Waals surface area (Å²) in [6.45, 7) is 2.70. The van der Waals surface area contributed by atoms with Crippen molar-refractivity contribution in [2.75, 3.05) is 13.7 Å². The van der Waals surface area contributed by atoms with Crippen LogP contribution in [0.3, 0.4) is 0 Å². The third-order valence-electron chi connectivity index (χ3n) is 3.74. The van der Waals surface area contributed by atoms with E-state index in [1.165, 1.54) is 11.1 Å². The Morgan fingerprint density at radius 2 is 2.26 bits per heavy atom. The maximum absolute atomic E-state index is 12.0. The highest BCUT2D eigenvalue weighted by atomic mass is 16.5. The molecule has 0 amide bonds. The van der Waals surface area contributed by atoms with Crippen molar-refractivity contribution >= 4 is 5.78 Å². The van der Waals surface area contributed by atoms with E-state index < -0.39 is 0 Å². The van der Waals surface area contributed by atoms with E-state index in [0.29, 0.717) is 19.4 Å². The van der Waals surface area contributed by atoms with Crippen LogP contribution in [0.25, 0.3) is 0 Å². The lowest BCUT2D eigenvalue weighted by molar-refractivity contribution is -0.123. The van der Waals surface area contributed by atoms with Crippen LogP contribution >= 0.6 is 0 Å². The number of carbonyl (C=O) groups is 1. The van der Waals surface area contributed by atoms with E-state index in [1.54, 1.807) is 7.11 Å². The molecule has 2 atom stereocenters. The molecule has 0 N–H and O–H groups in total. The fourth-order valence-corrected chi connectivity index (χ4v) is 2.44. The first-order valence-corrected chi connectivity index (χ1v) is 6.94. The molecular weight excluding hydrogens is 240 g/mol. The number of fused-ring (bicyclic) bond motifs is 1. The molecule has 1 aromatic rings. The van der Waals surface area contributed by atoms with Crippen molar-refractivity contribution in [2.45, 2.75) is 44.8 Å². The highest BCUT2D eigenvalue weighted by Gasteiger charge is 2.22. The topological polar surface area (TPSA) is 35.5 Å². The Bertz CT molecular complexity index is 428. The molecular formula is C16H22O3. The number of ether oxygens (including phenoxy) is 2. The van der Waals surface area contributed by atoms with Gasteiger partial charge >= 0.3 is 0 Å². The van der Waals surface area contributed by atoms with E-state index in [2.05, 4.69) is 12.1 Å². The van der Waals surface area contributed by atoms with E-state index in [0.717, 1.165) is 12.8 Å². The van der Waals surface area contributed by atoms with Gasteiger partial charge in [0.2, 0.25) is 0 Å². The maximum atomic E-state index is 12.0. The zero-order valence-corrected chi connectivity index (χ0v) is 11.7. The molecule has 0 aliphatic carbocycles. The quantitative estimate of drug-likeness (QED) is 0.790. The molecule has 0 radical (unpaired) electrons. The molecule has 2 unspecified atom stereocenters. The van der Waals surface area contributed by atoms with Crippen molar-refractivity contribution < 1.29 is 14.3 Å². The fraction of sp³-hybridized carbons (Fsp3) is 0.562. The first-order valence-electron chi connectivity index (χ1n) is 6.94. The third-order valence-corrected chi connectivity index (χ3v) is 3.74. The normalized spacial score (nSPS) is 19.8. The summed E-state index contributed by atoms with van der Waals surface area (Å²) in [6, 6.07) is 8.26. The van der Waals surface area contributed by atoms with Gasteiger partial charge in [0.05, 0.1) is 18.8 Å². The zero-order valence-electron chi connectivity index (χ0n) is 11.7. The van der Waals surface area contributed by atoms with Crippen LogP contribution in [0.1, 0.15) is 43.4 Å². The van der Waals surface area contributed by atoms with E-state index in [9.17, 15) is 4.79 Å². The highest BCUT2D eigenvalue weighted by Crippen LogP contribution is 2.30. The molecule has 1 aliphatic heterocycles. The minimum atomic E-state index is -0.0599. The van der Waals surface area contributed by atoms with Gasteiger partial charge in [0, 0.05) is 20.0 Å². The first kappa shape index (κ1) is 14.2. The molecule has 0 aromatic heterocycles. The van der Waals surface area contributed by atoms with Crippen molar-refractivity contribution in [1.29, 1.82) is 0 Å². The fourth-order valence-electron chi connectivity index (χ4n) is 2.44. The summed E-state index contributed by atoms with van der Waals surface area (Å²) in [5, 5.41) is 0. The van der Waals surface area contributed by atoms with Crippen LogP contribution in [0.5, 0.6) is 0 Å². The van der Waals surface area contributed by atoms with Gasteiger partial charge in [-0.25, -0.2) is 0 Å². The van der Waals surface area contributed by atoms with Crippen molar-refractivity contribution in [1.82, 2.24) is 0 Å². The van der Waals surface area contributed by atoms with Crippen LogP contribution < -0.4 is 0 Å². The van der Waals surface area contributed by atoms with Gasteiger partial charge in [-0.3, -0.25) is 4.79 Å². The largest absolute Gasteiger partial charge is 0.382 e. The van der Waals surface area contributed by atoms with Gasteiger partial charge in [-0.2, -0.15) is 0 Å². The van der Waals surface area contributed by atoms with Gasteiger partial charge in [0.25, 0.3) is 0 Å². The standard InChI is InChI=1S/C16H22O3/c1-12(18-2)7-8-14(17)11-16-15-6-4-3-5-13(15)9-10-19-16/h3-6,12,16H,7-11H2,1-2H3. The smallest absolute Gasteiger partial charge is 0.135 e. The summed E-state index contributed by atoms with van der Waals surface area (Å²) in [4.78, 5) is 12.0. The van der Waals surface area contributed by atoms with Gasteiger partial charge in [0.1, 0.15) is 5.78 Å². The summed E-state index contributed by atoms with van der Waals surface area (Å²) in [5.41, 5.74) is 2.50. The predicted octanol–water partition coefficient (Wildman–Crippen LogP) is 3.07. The average molecular weight is 262 g/mol. The van der Waals surface area contributed by atoms with Crippen LogP contribution in [0, 0.1) is 0 Å². The number of hydrogen-bond donors (Lipinski definition) is 0. The van der Waals surface area contributed by atoms with Crippen LogP contribution in [0.2, 0.25) is 0 Å². The predicted molar refractivity (Wildman–Crippen MR) is 74.2 cm³/mol. The lowest BCUT2D eigenvalue weighted by atomic mass is 9.93. The Kier molecular flexibility index (Phi) is 5.11. The second-order valence-corrected chi connectivity index (χ2v) is 5.14. The molecule has 19 heavy (non-hydrogen) atoms. The molecule has 104 valence electrons. The van der Waals surface area contributed by atoms with Crippen molar-refractivity contribution in [2.24, 2.45) is 0 Å². The zero-order chi connectivity index (χ0) is 13.7. The van der Waals surface area contributed by atoms with Gasteiger partial charge < -0.3 is 9.47 Å². The monoisotopic (exact) mass is 262 g/mol. The second kappa shape index (κ2) is 6.83. The SMILES string of the molecule is COC(C)CCC(=O)CC1OCCc2ccccc21. The van der Waals surface area contributed by atoms with Gasteiger partial charge in [0.15, 0.2) is 0 Å². The van der Waals surface area contributed by atoms with Gasteiger partial charge in [-0.05, 0) is 30.9 Å². The molecule has 0 fully saturated rings. The molecule has 3 nitrogen and oxygen atoms in total. The number of hydrogen-bond acceptors (Lipinski definition) is 3. The number of benzene rings is 1. The van der Waals surface area contributed by atoms with E-state index in [1.807, 2.05) is 19.1 Å². The highest BCUT2D eigenvalue weighted by molar-refractivity contribution is 5.79. The number of carbonyl (C=O) groups excluding carboxylic acids is 1. The second-order valence-electron chi connectivity index (χ2n) is 5.14.